The predicted molar refractivity (Wildman–Crippen MR) is 49.2 cm³/mol. The molecular weight excluding hydrogens is 166 g/mol. The number of rotatable bonds is 3. The molecule has 2 heterocycles. The summed E-state index contributed by atoms with van der Waals surface area (Å²) in [6.07, 6.45) is 6.89. The molecule has 0 aliphatic carbocycles. The van der Waals surface area contributed by atoms with Crippen molar-refractivity contribution >= 4 is 0 Å². The van der Waals surface area contributed by atoms with Gasteiger partial charge in [0.1, 0.15) is 0 Å². The Hall–Kier alpha value is -0.730. The van der Waals surface area contributed by atoms with Gasteiger partial charge in [0, 0.05) is 11.5 Å². The number of fused-ring (bicyclic) bond motifs is 2. The summed E-state index contributed by atoms with van der Waals surface area (Å²) in [5.74, 6) is 0.733. The van der Waals surface area contributed by atoms with E-state index in [0.717, 1.165) is 12.3 Å². The molecule has 0 spiro atoms. The van der Waals surface area contributed by atoms with Crippen molar-refractivity contribution in [1.29, 1.82) is 0 Å². The standard InChI is InChI=1S/C9H15N3O/c10-12-11-4-3-7-5-8-1-2-9(6-7)13-8/h7-9H,1-6H2. The lowest BCUT2D eigenvalue weighted by molar-refractivity contribution is -0.0202. The molecule has 2 bridgehead atoms. The van der Waals surface area contributed by atoms with E-state index < -0.39 is 0 Å². The molecule has 2 saturated heterocycles. The van der Waals surface area contributed by atoms with Crippen molar-refractivity contribution < 1.29 is 4.74 Å². The molecule has 13 heavy (non-hydrogen) atoms. The highest BCUT2D eigenvalue weighted by Crippen LogP contribution is 2.37. The van der Waals surface area contributed by atoms with Gasteiger partial charge in [-0.1, -0.05) is 5.11 Å². The monoisotopic (exact) mass is 181 g/mol. The van der Waals surface area contributed by atoms with Gasteiger partial charge in [0.25, 0.3) is 0 Å². The van der Waals surface area contributed by atoms with E-state index in [1.807, 2.05) is 0 Å². The molecule has 2 unspecified atom stereocenters. The van der Waals surface area contributed by atoms with E-state index in [1.165, 1.54) is 25.7 Å². The summed E-state index contributed by atoms with van der Waals surface area (Å²) >= 11 is 0. The van der Waals surface area contributed by atoms with Crippen molar-refractivity contribution in [3.05, 3.63) is 10.4 Å². The number of nitrogens with zero attached hydrogens (tertiary/aromatic N) is 3. The highest BCUT2D eigenvalue weighted by Gasteiger charge is 2.34. The summed E-state index contributed by atoms with van der Waals surface area (Å²) in [4.78, 5) is 2.77. The van der Waals surface area contributed by atoms with Crippen LogP contribution in [-0.2, 0) is 4.74 Å². The second-order valence-electron chi connectivity index (χ2n) is 4.04. The van der Waals surface area contributed by atoms with Gasteiger partial charge < -0.3 is 4.74 Å². The van der Waals surface area contributed by atoms with Gasteiger partial charge in [-0.3, -0.25) is 0 Å². The third-order valence-corrected chi connectivity index (χ3v) is 3.09. The fraction of sp³-hybridized carbons (Fsp3) is 1.00. The summed E-state index contributed by atoms with van der Waals surface area (Å²) in [6, 6.07) is 0. The van der Waals surface area contributed by atoms with Crippen LogP contribution < -0.4 is 0 Å². The average molecular weight is 181 g/mol. The van der Waals surface area contributed by atoms with Crippen LogP contribution in [0.2, 0.25) is 0 Å². The van der Waals surface area contributed by atoms with E-state index >= 15 is 0 Å². The first-order valence-corrected chi connectivity index (χ1v) is 5.05. The Balaban J connectivity index is 1.78. The maximum absolute atomic E-state index is 8.15. The first-order chi connectivity index (χ1) is 6.38. The molecule has 4 nitrogen and oxygen atoms in total. The van der Waals surface area contributed by atoms with Crippen LogP contribution in [0.1, 0.15) is 32.1 Å². The number of hydrogen-bond acceptors (Lipinski definition) is 2. The zero-order chi connectivity index (χ0) is 9.10. The molecule has 2 atom stereocenters. The molecule has 2 aliphatic heterocycles. The molecule has 0 N–H and O–H groups in total. The van der Waals surface area contributed by atoms with Crippen LogP contribution in [0.5, 0.6) is 0 Å². The molecular formula is C9H15N3O. The highest BCUT2D eigenvalue weighted by atomic mass is 16.5. The quantitative estimate of drug-likeness (QED) is 0.375. The molecule has 2 fully saturated rings. The van der Waals surface area contributed by atoms with E-state index in [0.29, 0.717) is 18.8 Å². The van der Waals surface area contributed by atoms with E-state index in [4.69, 9.17) is 10.3 Å². The van der Waals surface area contributed by atoms with Crippen molar-refractivity contribution in [2.45, 2.75) is 44.3 Å². The summed E-state index contributed by atoms with van der Waals surface area (Å²) in [7, 11) is 0. The highest BCUT2D eigenvalue weighted by molar-refractivity contribution is 4.84. The summed E-state index contributed by atoms with van der Waals surface area (Å²) in [6.45, 7) is 0.653. The van der Waals surface area contributed by atoms with E-state index in [1.54, 1.807) is 0 Å². The van der Waals surface area contributed by atoms with Gasteiger partial charge in [-0.25, -0.2) is 0 Å². The van der Waals surface area contributed by atoms with Gasteiger partial charge in [-0.05, 0) is 43.6 Å². The molecule has 2 aliphatic rings. The zero-order valence-corrected chi connectivity index (χ0v) is 7.72. The minimum atomic E-state index is 0.509. The minimum absolute atomic E-state index is 0.509. The number of ether oxygens (including phenoxy) is 1. The molecule has 0 radical (unpaired) electrons. The third kappa shape index (κ3) is 2.14. The first kappa shape index (κ1) is 8.85. The summed E-state index contributed by atoms with van der Waals surface area (Å²) in [5, 5.41) is 3.58. The average Bonchev–Trinajstić information content (AvgIpc) is 2.46. The maximum Gasteiger partial charge on any atom is 0.0582 e. The Kier molecular flexibility index (Phi) is 2.71. The van der Waals surface area contributed by atoms with Crippen molar-refractivity contribution in [3.63, 3.8) is 0 Å². The Morgan fingerprint density at radius 3 is 2.62 bits per heavy atom. The Morgan fingerprint density at radius 1 is 1.31 bits per heavy atom. The van der Waals surface area contributed by atoms with E-state index in [2.05, 4.69) is 10.0 Å². The van der Waals surface area contributed by atoms with Crippen LogP contribution in [0.3, 0.4) is 0 Å². The van der Waals surface area contributed by atoms with Crippen LogP contribution in [-0.4, -0.2) is 18.8 Å². The minimum Gasteiger partial charge on any atom is -0.375 e. The van der Waals surface area contributed by atoms with Crippen molar-refractivity contribution in [3.8, 4) is 0 Å². The van der Waals surface area contributed by atoms with E-state index in [-0.39, 0.29) is 0 Å². The summed E-state index contributed by atoms with van der Waals surface area (Å²) in [5.41, 5.74) is 8.15. The van der Waals surface area contributed by atoms with Crippen molar-refractivity contribution in [1.82, 2.24) is 0 Å². The molecule has 0 aromatic rings. The fourth-order valence-corrected chi connectivity index (χ4v) is 2.49. The lowest BCUT2D eigenvalue weighted by Gasteiger charge is -2.27. The van der Waals surface area contributed by atoms with Crippen LogP contribution in [0.15, 0.2) is 5.11 Å². The molecule has 4 heteroatoms. The first-order valence-electron chi connectivity index (χ1n) is 5.05. The van der Waals surface area contributed by atoms with Gasteiger partial charge in [-0.15, -0.1) is 0 Å². The van der Waals surface area contributed by atoms with Gasteiger partial charge in [0.15, 0.2) is 0 Å². The predicted octanol–water partition coefficient (Wildman–Crippen LogP) is 2.64. The van der Waals surface area contributed by atoms with Crippen LogP contribution in [0.4, 0.5) is 0 Å². The zero-order valence-electron chi connectivity index (χ0n) is 7.72. The number of azide groups is 1. The SMILES string of the molecule is [N-]=[N+]=NCCC1CC2CCC(C1)O2. The molecule has 0 aromatic carbocycles. The smallest absolute Gasteiger partial charge is 0.0582 e. The Morgan fingerprint density at radius 2 is 2.00 bits per heavy atom. The Bertz CT molecular complexity index is 213. The molecule has 0 saturated carbocycles. The van der Waals surface area contributed by atoms with Crippen molar-refractivity contribution in [2.24, 2.45) is 11.0 Å². The second-order valence-corrected chi connectivity index (χ2v) is 4.04. The molecule has 72 valence electrons. The largest absolute Gasteiger partial charge is 0.375 e. The normalized spacial score (nSPS) is 37.1. The second kappa shape index (κ2) is 3.99. The fourth-order valence-electron chi connectivity index (χ4n) is 2.49. The van der Waals surface area contributed by atoms with Crippen LogP contribution >= 0.6 is 0 Å². The summed E-state index contributed by atoms with van der Waals surface area (Å²) < 4.78 is 5.73. The lowest BCUT2D eigenvalue weighted by atomic mass is 9.92. The van der Waals surface area contributed by atoms with Crippen LogP contribution in [0.25, 0.3) is 10.4 Å². The van der Waals surface area contributed by atoms with Crippen molar-refractivity contribution in [2.75, 3.05) is 6.54 Å². The van der Waals surface area contributed by atoms with Gasteiger partial charge >= 0.3 is 0 Å². The molecule has 0 aromatic heterocycles. The van der Waals surface area contributed by atoms with Crippen LogP contribution in [0, 0.1) is 5.92 Å². The maximum atomic E-state index is 8.15. The van der Waals surface area contributed by atoms with Gasteiger partial charge in [0.2, 0.25) is 0 Å². The van der Waals surface area contributed by atoms with Gasteiger partial charge in [-0.2, -0.15) is 0 Å². The lowest BCUT2D eigenvalue weighted by Crippen LogP contribution is -2.25. The third-order valence-electron chi connectivity index (χ3n) is 3.09. The van der Waals surface area contributed by atoms with E-state index in [9.17, 15) is 0 Å². The Labute approximate surface area is 77.9 Å². The molecule has 0 amide bonds. The number of hydrogen-bond donors (Lipinski definition) is 0. The van der Waals surface area contributed by atoms with Gasteiger partial charge in [0.05, 0.1) is 12.2 Å². The molecule has 2 rings (SSSR count). The topological polar surface area (TPSA) is 58.0 Å².